The van der Waals surface area contributed by atoms with Crippen molar-refractivity contribution in [3.63, 3.8) is 0 Å². The average Bonchev–Trinajstić information content (AvgIpc) is 2.27. The smallest absolute Gasteiger partial charge is 0.120 e. The molecule has 0 amide bonds. The monoisotopic (exact) mass is 255 g/mol. The minimum Gasteiger partial charge on any atom is -0.248 e. The summed E-state index contributed by atoms with van der Waals surface area (Å²) < 4.78 is 0. The van der Waals surface area contributed by atoms with E-state index in [1.807, 2.05) is 39.0 Å². The largest absolute Gasteiger partial charge is 0.248 e. The van der Waals surface area contributed by atoms with E-state index in [4.69, 9.17) is 5.26 Å². The predicted molar refractivity (Wildman–Crippen MR) is 71.5 cm³/mol. The third kappa shape index (κ3) is 2.69. The minimum absolute atomic E-state index is 0.628. The van der Waals surface area contributed by atoms with Gasteiger partial charge in [-0.25, -0.2) is 9.97 Å². The van der Waals surface area contributed by atoms with Crippen LogP contribution in [0.15, 0.2) is 34.4 Å². The first-order valence-corrected chi connectivity index (χ1v) is 6.40. The molecule has 0 aliphatic carbocycles. The Morgan fingerprint density at radius 3 is 2.67 bits per heavy atom. The average molecular weight is 255 g/mol. The second-order valence-electron chi connectivity index (χ2n) is 4.15. The molecule has 0 aliphatic heterocycles. The van der Waals surface area contributed by atoms with Crippen LogP contribution in [-0.4, -0.2) is 9.97 Å². The molecule has 0 N–H and O–H groups in total. The van der Waals surface area contributed by atoms with Crippen LogP contribution in [0.2, 0.25) is 0 Å². The summed E-state index contributed by atoms with van der Waals surface area (Å²) in [5.41, 5.74) is 3.71. The molecule has 0 aromatic carbocycles. The van der Waals surface area contributed by atoms with Gasteiger partial charge in [-0.2, -0.15) is 5.26 Å². The summed E-state index contributed by atoms with van der Waals surface area (Å²) in [4.78, 5) is 8.71. The Balaban J connectivity index is 2.40. The lowest BCUT2D eigenvalue weighted by atomic mass is 10.2. The van der Waals surface area contributed by atoms with Crippen molar-refractivity contribution in [3.05, 3.63) is 46.8 Å². The molecule has 0 atom stereocenters. The second kappa shape index (κ2) is 5.19. The first kappa shape index (κ1) is 12.6. The number of nitriles is 1. The van der Waals surface area contributed by atoms with Gasteiger partial charge in [-0.1, -0.05) is 0 Å². The van der Waals surface area contributed by atoms with Crippen molar-refractivity contribution >= 4 is 11.8 Å². The fourth-order valence-corrected chi connectivity index (χ4v) is 2.76. The summed E-state index contributed by atoms with van der Waals surface area (Å²) in [6, 6.07) is 8.08. The van der Waals surface area contributed by atoms with E-state index < -0.39 is 0 Å². The quantitative estimate of drug-likeness (QED) is 0.825. The number of pyridine rings is 2. The molecule has 2 aromatic rings. The highest BCUT2D eigenvalue weighted by Gasteiger charge is 2.09. The molecule has 0 bridgehead atoms. The van der Waals surface area contributed by atoms with Crippen LogP contribution in [0, 0.1) is 32.1 Å². The molecule has 3 nitrogen and oxygen atoms in total. The highest BCUT2D eigenvalue weighted by Crippen LogP contribution is 2.29. The molecule has 2 rings (SSSR count). The van der Waals surface area contributed by atoms with Crippen LogP contribution in [0.4, 0.5) is 0 Å². The van der Waals surface area contributed by atoms with Crippen molar-refractivity contribution in [3.8, 4) is 6.07 Å². The van der Waals surface area contributed by atoms with Gasteiger partial charge in [0, 0.05) is 11.9 Å². The summed E-state index contributed by atoms with van der Waals surface area (Å²) >= 11 is 1.44. The molecular formula is C14H13N3S. The van der Waals surface area contributed by atoms with E-state index in [9.17, 15) is 0 Å². The van der Waals surface area contributed by atoms with Gasteiger partial charge in [0.2, 0.25) is 0 Å². The normalized spacial score (nSPS) is 10.1. The summed E-state index contributed by atoms with van der Waals surface area (Å²) in [7, 11) is 0. The SMILES string of the molecule is Cc1cc(C)nc(Sc2nccc(C)c2C#N)c1. The van der Waals surface area contributed by atoms with Gasteiger partial charge in [-0.15, -0.1) is 0 Å². The minimum atomic E-state index is 0.628. The molecular weight excluding hydrogens is 242 g/mol. The Kier molecular flexibility index (Phi) is 3.63. The molecule has 4 heteroatoms. The van der Waals surface area contributed by atoms with E-state index in [1.165, 1.54) is 11.8 Å². The number of nitrogens with zero attached hydrogens (tertiary/aromatic N) is 3. The Morgan fingerprint density at radius 2 is 2.00 bits per heavy atom. The molecule has 0 saturated carbocycles. The third-order valence-corrected chi connectivity index (χ3v) is 3.43. The van der Waals surface area contributed by atoms with E-state index >= 15 is 0 Å². The number of hydrogen-bond donors (Lipinski definition) is 0. The van der Waals surface area contributed by atoms with Crippen molar-refractivity contribution in [1.29, 1.82) is 5.26 Å². The Hall–Kier alpha value is -1.86. The van der Waals surface area contributed by atoms with Gasteiger partial charge < -0.3 is 0 Å². The maximum atomic E-state index is 9.16. The van der Waals surface area contributed by atoms with E-state index in [0.29, 0.717) is 5.56 Å². The Bertz CT molecular complexity index is 609. The lowest BCUT2D eigenvalue weighted by molar-refractivity contribution is 1.03. The molecule has 2 aromatic heterocycles. The number of aromatic nitrogens is 2. The van der Waals surface area contributed by atoms with Gasteiger partial charge in [0.05, 0.1) is 5.56 Å². The highest BCUT2D eigenvalue weighted by atomic mass is 32.2. The fraction of sp³-hybridized carbons (Fsp3) is 0.214. The maximum Gasteiger partial charge on any atom is 0.120 e. The predicted octanol–water partition coefficient (Wildman–Crippen LogP) is 3.42. The molecule has 0 saturated heterocycles. The molecule has 2 heterocycles. The van der Waals surface area contributed by atoms with Crippen molar-refractivity contribution in [1.82, 2.24) is 9.97 Å². The van der Waals surface area contributed by atoms with Gasteiger partial charge in [0.25, 0.3) is 0 Å². The van der Waals surface area contributed by atoms with Crippen LogP contribution in [0.25, 0.3) is 0 Å². The van der Waals surface area contributed by atoms with Crippen LogP contribution in [0.5, 0.6) is 0 Å². The lowest BCUT2D eigenvalue weighted by Gasteiger charge is -2.06. The molecule has 0 unspecified atom stereocenters. The highest BCUT2D eigenvalue weighted by molar-refractivity contribution is 7.99. The lowest BCUT2D eigenvalue weighted by Crippen LogP contribution is -1.92. The van der Waals surface area contributed by atoms with Gasteiger partial charge in [-0.05, 0) is 61.9 Å². The topological polar surface area (TPSA) is 49.6 Å². The summed E-state index contributed by atoms with van der Waals surface area (Å²) in [5, 5.41) is 10.8. The van der Waals surface area contributed by atoms with Gasteiger partial charge in [0.15, 0.2) is 0 Å². The van der Waals surface area contributed by atoms with Crippen LogP contribution in [-0.2, 0) is 0 Å². The van der Waals surface area contributed by atoms with Gasteiger partial charge >= 0.3 is 0 Å². The van der Waals surface area contributed by atoms with E-state index in [0.717, 1.165) is 26.9 Å². The van der Waals surface area contributed by atoms with Crippen LogP contribution < -0.4 is 0 Å². The fourth-order valence-electron chi connectivity index (χ4n) is 1.70. The van der Waals surface area contributed by atoms with Crippen molar-refractivity contribution in [2.75, 3.05) is 0 Å². The first-order valence-electron chi connectivity index (χ1n) is 5.59. The molecule has 0 fully saturated rings. The van der Waals surface area contributed by atoms with Gasteiger partial charge in [0.1, 0.15) is 16.1 Å². The zero-order chi connectivity index (χ0) is 13.1. The molecule has 0 aliphatic rings. The number of aryl methyl sites for hydroxylation is 3. The van der Waals surface area contributed by atoms with Crippen molar-refractivity contribution in [2.24, 2.45) is 0 Å². The zero-order valence-electron chi connectivity index (χ0n) is 10.6. The summed E-state index contributed by atoms with van der Waals surface area (Å²) in [5.74, 6) is 0. The molecule has 0 spiro atoms. The summed E-state index contributed by atoms with van der Waals surface area (Å²) in [6.07, 6.45) is 1.72. The maximum absolute atomic E-state index is 9.16. The van der Waals surface area contributed by atoms with E-state index in [1.54, 1.807) is 6.20 Å². The van der Waals surface area contributed by atoms with E-state index in [-0.39, 0.29) is 0 Å². The van der Waals surface area contributed by atoms with Crippen LogP contribution in [0.3, 0.4) is 0 Å². The van der Waals surface area contributed by atoms with Crippen LogP contribution in [0.1, 0.15) is 22.4 Å². The number of rotatable bonds is 2. The molecule has 0 radical (unpaired) electrons. The molecule has 18 heavy (non-hydrogen) atoms. The second-order valence-corrected chi connectivity index (χ2v) is 5.16. The third-order valence-electron chi connectivity index (χ3n) is 2.51. The Labute approximate surface area is 111 Å². The van der Waals surface area contributed by atoms with Gasteiger partial charge in [-0.3, -0.25) is 0 Å². The van der Waals surface area contributed by atoms with E-state index in [2.05, 4.69) is 16.0 Å². The Morgan fingerprint density at radius 1 is 1.22 bits per heavy atom. The zero-order valence-corrected chi connectivity index (χ0v) is 11.4. The number of hydrogen-bond acceptors (Lipinski definition) is 4. The van der Waals surface area contributed by atoms with Crippen LogP contribution >= 0.6 is 11.8 Å². The standard InChI is InChI=1S/C14H13N3S/c1-9-6-11(3)17-13(7-9)18-14-12(8-15)10(2)4-5-16-14/h4-7H,1-3H3. The first-order chi connectivity index (χ1) is 8.60. The van der Waals surface area contributed by atoms with Crippen molar-refractivity contribution in [2.45, 2.75) is 30.8 Å². The summed E-state index contributed by atoms with van der Waals surface area (Å²) in [6.45, 7) is 5.92. The molecule has 90 valence electrons. The van der Waals surface area contributed by atoms with Crippen molar-refractivity contribution < 1.29 is 0 Å².